The zero-order valence-electron chi connectivity index (χ0n) is 18.3. The Hall–Kier alpha value is -2.86. The van der Waals surface area contributed by atoms with Crippen molar-refractivity contribution in [3.63, 3.8) is 0 Å². The van der Waals surface area contributed by atoms with Crippen LogP contribution in [0.3, 0.4) is 0 Å². The summed E-state index contributed by atoms with van der Waals surface area (Å²) in [5, 5.41) is 13.8. The van der Waals surface area contributed by atoms with Crippen LogP contribution in [0.5, 0.6) is 0 Å². The SMILES string of the molecule is Cc1cc(C)c(NC(=O)CSc2nnc3c(C)cc4ccc(C)c(C)c4n23)c(C)c1. The number of fused-ring (bicyclic) bond motifs is 3. The van der Waals surface area contributed by atoms with E-state index in [-0.39, 0.29) is 11.7 Å². The molecule has 154 valence electrons. The molecule has 2 heterocycles. The molecule has 0 radical (unpaired) electrons. The van der Waals surface area contributed by atoms with E-state index in [0.29, 0.717) is 0 Å². The molecule has 0 aliphatic rings. The van der Waals surface area contributed by atoms with E-state index in [2.05, 4.69) is 71.0 Å². The second-order valence-electron chi connectivity index (χ2n) is 8.02. The summed E-state index contributed by atoms with van der Waals surface area (Å²) >= 11 is 1.41. The smallest absolute Gasteiger partial charge is 0.234 e. The van der Waals surface area contributed by atoms with E-state index >= 15 is 0 Å². The van der Waals surface area contributed by atoms with Crippen molar-refractivity contribution in [2.45, 2.75) is 46.7 Å². The fraction of sp³-hybridized carbons (Fsp3) is 0.292. The van der Waals surface area contributed by atoms with E-state index < -0.39 is 0 Å². The van der Waals surface area contributed by atoms with E-state index in [1.165, 1.54) is 28.5 Å². The maximum atomic E-state index is 12.7. The molecule has 0 spiro atoms. The molecule has 0 bridgehead atoms. The fourth-order valence-electron chi connectivity index (χ4n) is 4.04. The van der Waals surface area contributed by atoms with Crippen LogP contribution in [-0.4, -0.2) is 26.3 Å². The molecule has 6 heteroatoms. The van der Waals surface area contributed by atoms with Gasteiger partial charge < -0.3 is 5.32 Å². The third-order valence-electron chi connectivity index (χ3n) is 5.59. The molecule has 1 amide bonds. The second kappa shape index (κ2) is 7.76. The average Bonchev–Trinajstić information content (AvgIpc) is 3.10. The van der Waals surface area contributed by atoms with E-state index in [4.69, 9.17) is 0 Å². The van der Waals surface area contributed by atoms with Gasteiger partial charge in [0.05, 0.1) is 11.3 Å². The average molecular weight is 419 g/mol. The van der Waals surface area contributed by atoms with Gasteiger partial charge in [0.15, 0.2) is 10.8 Å². The summed E-state index contributed by atoms with van der Waals surface area (Å²) in [6.45, 7) is 12.4. The van der Waals surface area contributed by atoms with E-state index in [9.17, 15) is 4.79 Å². The minimum Gasteiger partial charge on any atom is -0.325 e. The third kappa shape index (κ3) is 3.56. The summed E-state index contributed by atoms with van der Waals surface area (Å²) < 4.78 is 2.09. The van der Waals surface area contributed by atoms with Gasteiger partial charge in [0.25, 0.3) is 0 Å². The molecular formula is C24H26N4OS. The number of aryl methyl sites for hydroxylation is 6. The summed E-state index contributed by atoms with van der Waals surface area (Å²) in [5.74, 6) is 0.227. The standard InChI is InChI=1S/C24H26N4OS/c1-13-9-15(3)21(16(4)10-13)25-20(29)12-30-24-27-26-23-17(5)11-19-8-7-14(2)18(6)22(19)28(23)24/h7-11H,12H2,1-6H3,(H,25,29). The number of anilines is 1. The Morgan fingerprint density at radius 3 is 2.33 bits per heavy atom. The van der Waals surface area contributed by atoms with Crippen LogP contribution in [0.15, 0.2) is 35.5 Å². The number of hydrogen-bond acceptors (Lipinski definition) is 4. The molecule has 0 aliphatic heterocycles. The molecule has 0 saturated heterocycles. The predicted octanol–water partition coefficient (Wildman–Crippen LogP) is 5.46. The van der Waals surface area contributed by atoms with Gasteiger partial charge in [-0.3, -0.25) is 9.20 Å². The van der Waals surface area contributed by atoms with Crippen LogP contribution >= 0.6 is 11.8 Å². The Balaban J connectivity index is 1.65. The quantitative estimate of drug-likeness (QED) is 0.447. The van der Waals surface area contributed by atoms with Gasteiger partial charge in [0.2, 0.25) is 5.91 Å². The van der Waals surface area contributed by atoms with Crippen LogP contribution in [0.4, 0.5) is 5.69 Å². The summed E-state index contributed by atoms with van der Waals surface area (Å²) in [4.78, 5) is 12.7. The molecule has 1 N–H and O–H groups in total. The van der Waals surface area contributed by atoms with Gasteiger partial charge in [0, 0.05) is 5.69 Å². The Labute approximate surface area is 180 Å². The number of aromatic nitrogens is 3. The van der Waals surface area contributed by atoms with Gasteiger partial charge in [-0.05, 0) is 80.8 Å². The molecule has 2 aromatic carbocycles. The first-order chi connectivity index (χ1) is 14.3. The van der Waals surface area contributed by atoms with Crippen molar-refractivity contribution in [3.8, 4) is 0 Å². The maximum absolute atomic E-state index is 12.7. The van der Waals surface area contributed by atoms with Crippen molar-refractivity contribution in [1.29, 1.82) is 0 Å². The van der Waals surface area contributed by atoms with Crippen LogP contribution in [-0.2, 0) is 4.79 Å². The van der Waals surface area contributed by atoms with Crippen molar-refractivity contribution in [3.05, 3.63) is 63.7 Å². The number of carbonyl (C=O) groups is 1. The van der Waals surface area contributed by atoms with Crippen LogP contribution in [0.1, 0.15) is 33.4 Å². The Kier molecular flexibility index (Phi) is 5.28. The molecule has 4 aromatic rings. The first kappa shape index (κ1) is 20.4. The normalized spacial score (nSPS) is 11.4. The topological polar surface area (TPSA) is 59.3 Å². The van der Waals surface area contributed by atoms with Crippen LogP contribution in [0.2, 0.25) is 0 Å². The largest absolute Gasteiger partial charge is 0.325 e. The van der Waals surface area contributed by atoms with Crippen molar-refractivity contribution in [1.82, 2.24) is 14.6 Å². The number of nitrogens with one attached hydrogen (secondary N) is 1. The third-order valence-corrected chi connectivity index (χ3v) is 6.52. The highest BCUT2D eigenvalue weighted by Gasteiger charge is 2.16. The van der Waals surface area contributed by atoms with Gasteiger partial charge in [-0.1, -0.05) is 41.6 Å². The van der Waals surface area contributed by atoms with E-state index in [0.717, 1.165) is 44.1 Å². The van der Waals surface area contributed by atoms with Crippen molar-refractivity contribution < 1.29 is 4.79 Å². The number of hydrogen-bond donors (Lipinski definition) is 1. The van der Waals surface area contributed by atoms with Gasteiger partial charge in [-0.2, -0.15) is 0 Å². The highest BCUT2D eigenvalue weighted by Crippen LogP contribution is 2.29. The monoisotopic (exact) mass is 418 g/mol. The summed E-state index contributed by atoms with van der Waals surface area (Å²) in [6, 6.07) is 10.6. The second-order valence-corrected chi connectivity index (χ2v) is 8.97. The molecule has 5 nitrogen and oxygen atoms in total. The van der Waals surface area contributed by atoms with E-state index in [1.807, 2.05) is 20.8 Å². The van der Waals surface area contributed by atoms with Gasteiger partial charge in [-0.15, -0.1) is 10.2 Å². The lowest BCUT2D eigenvalue weighted by Gasteiger charge is -2.13. The molecule has 0 unspecified atom stereocenters. The highest BCUT2D eigenvalue weighted by molar-refractivity contribution is 7.99. The van der Waals surface area contributed by atoms with E-state index in [1.54, 1.807) is 0 Å². The summed E-state index contributed by atoms with van der Waals surface area (Å²) in [5.41, 5.74) is 9.68. The first-order valence-corrected chi connectivity index (χ1v) is 11.0. The highest BCUT2D eigenvalue weighted by atomic mass is 32.2. The van der Waals surface area contributed by atoms with Crippen LogP contribution < -0.4 is 5.32 Å². The minimum atomic E-state index is -0.0448. The van der Waals surface area contributed by atoms with Crippen molar-refractivity contribution in [2.24, 2.45) is 0 Å². The molecular weight excluding hydrogens is 392 g/mol. The lowest BCUT2D eigenvalue weighted by Crippen LogP contribution is -2.16. The fourth-order valence-corrected chi connectivity index (χ4v) is 4.77. The summed E-state index contributed by atoms with van der Waals surface area (Å²) in [7, 11) is 0. The van der Waals surface area contributed by atoms with Gasteiger partial charge in [-0.25, -0.2) is 0 Å². The molecule has 0 aliphatic carbocycles. The number of rotatable bonds is 4. The van der Waals surface area contributed by atoms with Crippen molar-refractivity contribution in [2.75, 3.05) is 11.1 Å². The lowest BCUT2D eigenvalue weighted by atomic mass is 10.0. The predicted molar refractivity (Wildman–Crippen MR) is 125 cm³/mol. The first-order valence-electron chi connectivity index (χ1n) is 10.0. The molecule has 2 aromatic heterocycles. The number of pyridine rings is 1. The minimum absolute atomic E-state index is 0.0448. The molecule has 0 fully saturated rings. The zero-order valence-corrected chi connectivity index (χ0v) is 19.1. The number of amides is 1. The zero-order chi connectivity index (χ0) is 21.6. The molecule has 0 atom stereocenters. The Morgan fingerprint density at radius 2 is 1.63 bits per heavy atom. The van der Waals surface area contributed by atoms with Gasteiger partial charge in [0.1, 0.15) is 0 Å². The molecule has 4 rings (SSSR count). The van der Waals surface area contributed by atoms with Gasteiger partial charge >= 0.3 is 0 Å². The number of thioether (sulfide) groups is 1. The lowest BCUT2D eigenvalue weighted by molar-refractivity contribution is -0.113. The van der Waals surface area contributed by atoms with Crippen LogP contribution in [0, 0.1) is 41.5 Å². The Morgan fingerprint density at radius 1 is 0.933 bits per heavy atom. The number of benzene rings is 2. The maximum Gasteiger partial charge on any atom is 0.234 e. The Bertz CT molecular complexity index is 1280. The number of nitrogens with zero attached hydrogens (tertiary/aromatic N) is 3. The van der Waals surface area contributed by atoms with Crippen molar-refractivity contribution >= 4 is 39.9 Å². The summed E-state index contributed by atoms with van der Waals surface area (Å²) in [6.07, 6.45) is 0. The van der Waals surface area contributed by atoms with Crippen LogP contribution in [0.25, 0.3) is 16.6 Å². The molecule has 30 heavy (non-hydrogen) atoms. The number of carbonyl (C=O) groups excluding carboxylic acids is 1. The molecule has 0 saturated carbocycles.